The van der Waals surface area contributed by atoms with Gasteiger partial charge in [0.25, 0.3) is 0 Å². The number of carbonyl (C=O) groups excluding carboxylic acids is 2. The van der Waals surface area contributed by atoms with Crippen LogP contribution in [-0.4, -0.2) is 18.8 Å². The molecule has 146 valence electrons. The molecular formula is C23H20N2O4. The second-order valence-electron chi connectivity index (χ2n) is 6.70. The molecule has 6 heteroatoms. The minimum atomic E-state index is -1.02. The highest BCUT2D eigenvalue weighted by Crippen LogP contribution is 2.44. The molecule has 1 aliphatic carbocycles. The monoisotopic (exact) mass is 388 g/mol. The van der Waals surface area contributed by atoms with Gasteiger partial charge < -0.3 is 15.2 Å². The van der Waals surface area contributed by atoms with E-state index in [4.69, 9.17) is 15.2 Å². The molecule has 0 fully saturated rings. The average Bonchev–Trinajstić information content (AvgIpc) is 3.06. The number of nitrogens with one attached hydrogen (secondary N) is 1. The second-order valence-corrected chi connectivity index (χ2v) is 6.70. The lowest BCUT2D eigenvalue weighted by atomic mass is 9.98. The van der Waals surface area contributed by atoms with Gasteiger partial charge in [0.1, 0.15) is 6.61 Å². The van der Waals surface area contributed by atoms with Crippen molar-refractivity contribution in [2.45, 2.75) is 12.1 Å². The van der Waals surface area contributed by atoms with Crippen molar-refractivity contribution in [1.29, 1.82) is 0 Å². The third-order valence-corrected chi connectivity index (χ3v) is 4.93. The third kappa shape index (κ3) is 3.91. The number of hydrogen-bond acceptors (Lipinski definition) is 4. The molecule has 0 saturated heterocycles. The maximum absolute atomic E-state index is 12.4. The summed E-state index contributed by atoms with van der Waals surface area (Å²) in [6.45, 7) is 0.165. The lowest BCUT2D eigenvalue weighted by molar-refractivity contribution is 0.0725. The van der Waals surface area contributed by atoms with Crippen molar-refractivity contribution in [3.63, 3.8) is 0 Å². The Balaban J connectivity index is 1.47. The van der Waals surface area contributed by atoms with E-state index in [1.807, 2.05) is 42.5 Å². The lowest BCUT2D eigenvalue weighted by Crippen LogP contribution is -2.34. The van der Waals surface area contributed by atoms with Crippen molar-refractivity contribution < 1.29 is 19.1 Å². The van der Waals surface area contributed by atoms with Gasteiger partial charge in [0, 0.05) is 11.5 Å². The zero-order valence-corrected chi connectivity index (χ0v) is 15.6. The molecule has 0 aliphatic heterocycles. The van der Waals surface area contributed by atoms with Crippen LogP contribution in [0.15, 0.2) is 78.9 Å². The molecule has 0 spiro atoms. The van der Waals surface area contributed by atoms with Crippen molar-refractivity contribution in [3.8, 4) is 11.1 Å². The van der Waals surface area contributed by atoms with Gasteiger partial charge in [0.2, 0.25) is 6.23 Å². The van der Waals surface area contributed by atoms with Crippen LogP contribution in [0.25, 0.3) is 11.1 Å². The first kappa shape index (κ1) is 18.6. The van der Waals surface area contributed by atoms with Gasteiger partial charge in [0.15, 0.2) is 0 Å². The van der Waals surface area contributed by atoms with E-state index in [1.54, 1.807) is 24.3 Å². The van der Waals surface area contributed by atoms with E-state index in [2.05, 4.69) is 17.4 Å². The zero-order valence-electron chi connectivity index (χ0n) is 15.6. The smallest absolute Gasteiger partial charge is 0.410 e. The van der Waals surface area contributed by atoms with Gasteiger partial charge in [0.05, 0.1) is 0 Å². The molecular weight excluding hydrogens is 368 g/mol. The molecule has 1 unspecified atom stereocenters. The van der Waals surface area contributed by atoms with Crippen molar-refractivity contribution >= 4 is 12.2 Å². The third-order valence-electron chi connectivity index (χ3n) is 4.93. The number of alkyl carbamates (subject to hydrolysis) is 1. The van der Waals surface area contributed by atoms with E-state index in [9.17, 15) is 9.59 Å². The summed E-state index contributed by atoms with van der Waals surface area (Å²) in [6.07, 6.45) is -2.70. The Bertz CT molecular complexity index is 990. The van der Waals surface area contributed by atoms with Crippen LogP contribution in [0.2, 0.25) is 0 Å². The van der Waals surface area contributed by atoms with Crippen LogP contribution in [-0.2, 0) is 9.47 Å². The summed E-state index contributed by atoms with van der Waals surface area (Å²) in [6, 6.07) is 25.0. The fourth-order valence-corrected chi connectivity index (χ4v) is 3.67. The fourth-order valence-electron chi connectivity index (χ4n) is 3.67. The number of fused-ring (bicyclic) bond motifs is 3. The number of hydrogen-bond donors (Lipinski definition) is 2. The Morgan fingerprint density at radius 1 is 0.862 bits per heavy atom. The van der Waals surface area contributed by atoms with E-state index in [0.717, 1.165) is 22.3 Å². The number of benzene rings is 3. The van der Waals surface area contributed by atoms with Crippen LogP contribution in [0.3, 0.4) is 0 Å². The molecule has 1 aliphatic rings. The molecule has 4 rings (SSSR count). The Morgan fingerprint density at radius 3 is 2.00 bits per heavy atom. The second kappa shape index (κ2) is 8.06. The molecule has 3 aromatic carbocycles. The topological polar surface area (TPSA) is 90.7 Å². The largest absolute Gasteiger partial charge is 0.448 e. The minimum absolute atomic E-state index is 0.0552. The first-order valence-corrected chi connectivity index (χ1v) is 9.26. The van der Waals surface area contributed by atoms with Gasteiger partial charge >= 0.3 is 12.2 Å². The molecule has 2 amide bonds. The summed E-state index contributed by atoms with van der Waals surface area (Å²) < 4.78 is 10.5. The maximum atomic E-state index is 12.4. The number of amides is 2. The molecule has 0 bridgehead atoms. The first-order chi connectivity index (χ1) is 14.1. The molecule has 0 aromatic heterocycles. The molecule has 6 nitrogen and oxygen atoms in total. The normalized spacial score (nSPS) is 13.1. The van der Waals surface area contributed by atoms with Crippen LogP contribution in [0, 0.1) is 0 Å². The summed E-state index contributed by atoms with van der Waals surface area (Å²) in [5.74, 6) is -0.0552. The van der Waals surface area contributed by atoms with Crippen molar-refractivity contribution in [3.05, 3.63) is 95.6 Å². The van der Waals surface area contributed by atoms with Crippen molar-refractivity contribution in [2.75, 3.05) is 6.61 Å². The number of nitrogens with two attached hydrogens (primary N) is 1. The number of ether oxygens (including phenoxy) is 2. The van der Waals surface area contributed by atoms with Gasteiger partial charge in [-0.2, -0.15) is 0 Å². The van der Waals surface area contributed by atoms with Gasteiger partial charge in [-0.3, -0.25) is 5.32 Å². The molecule has 3 N–H and O–H groups in total. The van der Waals surface area contributed by atoms with Gasteiger partial charge in [-0.15, -0.1) is 0 Å². The SMILES string of the molecule is NC(=O)OC(NC(=O)OCC1c2ccccc2-c2ccccc21)c1ccccc1. The van der Waals surface area contributed by atoms with Crippen molar-refractivity contribution in [2.24, 2.45) is 5.73 Å². The predicted molar refractivity (Wildman–Crippen MR) is 108 cm³/mol. The zero-order chi connectivity index (χ0) is 20.2. The quantitative estimate of drug-likeness (QED) is 0.637. The Labute approximate surface area is 168 Å². The predicted octanol–water partition coefficient (Wildman–Crippen LogP) is 4.32. The van der Waals surface area contributed by atoms with E-state index < -0.39 is 18.4 Å². The van der Waals surface area contributed by atoms with E-state index in [1.165, 1.54) is 0 Å². The average molecular weight is 388 g/mol. The fraction of sp³-hybridized carbons (Fsp3) is 0.130. The van der Waals surface area contributed by atoms with Crippen LogP contribution in [0.1, 0.15) is 28.8 Å². The summed E-state index contributed by atoms with van der Waals surface area (Å²) in [5.41, 5.74) is 10.3. The van der Waals surface area contributed by atoms with E-state index in [-0.39, 0.29) is 12.5 Å². The van der Waals surface area contributed by atoms with Crippen LogP contribution < -0.4 is 11.1 Å². The highest BCUT2D eigenvalue weighted by Gasteiger charge is 2.29. The standard InChI is InChI=1S/C23H20N2O4/c24-22(26)29-21(15-8-2-1-3-9-15)25-23(27)28-14-20-18-12-6-4-10-16(18)17-11-5-7-13-19(17)20/h1-13,20-21H,14H2,(H2,24,26)(H,25,27). The molecule has 29 heavy (non-hydrogen) atoms. The van der Waals surface area contributed by atoms with Gasteiger partial charge in [-0.05, 0) is 22.3 Å². The molecule has 3 aromatic rings. The molecule has 0 radical (unpaired) electrons. The highest BCUT2D eigenvalue weighted by molar-refractivity contribution is 5.79. The van der Waals surface area contributed by atoms with Crippen LogP contribution >= 0.6 is 0 Å². The number of rotatable bonds is 5. The Morgan fingerprint density at radius 2 is 1.41 bits per heavy atom. The minimum Gasteiger partial charge on any atom is -0.448 e. The van der Waals surface area contributed by atoms with Gasteiger partial charge in [-0.1, -0.05) is 78.9 Å². The van der Waals surface area contributed by atoms with Crippen LogP contribution in [0.4, 0.5) is 9.59 Å². The highest BCUT2D eigenvalue weighted by atomic mass is 16.6. The molecule has 0 saturated carbocycles. The van der Waals surface area contributed by atoms with Crippen LogP contribution in [0.5, 0.6) is 0 Å². The van der Waals surface area contributed by atoms with Crippen molar-refractivity contribution in [1.82, 2.24) is 5.32 Å². The Hall–Kier alpha value is -3.80. The maximum Gasteiger partial charge on any atom is 0.410 e. The van der Waals surface area contributed by atoms with E-state index >= 15 is 0 Å². The van der Waals surface area contributed by atoms with Gasteiger partial charge in [-0.25, -0.2) is 9.59 Å². The van der Waals surface area contributed by atoms with E-state index in [0.29, 0.717) is 5.56 Å². The summed E-state index contributed by atoms with van der Waals surface area (Å²) >= 11 is 0. The molecule has 0 heterocycles. The first-order valence-electron chi connectivity index (χ1n) is 9.26. The summed E-state index contributed by atoms with van der Waals surface area (Å²) in [4.78, 5) is 23.6. The summed E-state index contributed by atoms with van der Waals surface area (Å²) in [7, 11) is 0. The lowest BCUT2D eigenvalue weighted by Gasteiger charge is -2.19. The molecule has 1 atom stereocenters. The number of primary amides is 1. The number of carbonyl (C=O) groups is 2. The summed E-state index contributed by atoms with van der Waals surface area (Å²) in [5, 5.41) is 2.55. The Kier molecular flexibility index (Phi) is 5.16.